The van der Waals surface area contributed by atoms with Crippen molar-refractivity contribution in [2.45, 2.75) is 12.8 Å². The minimum atomic E-state index is -1.33. The van der Waals surface area contributed by atoms with Crippen LogP contribution in [0.15, 0.2) is 0 Å². The maximum absolute atomic E-state index is 10.1. The van der Waals surface area contributed by atoms with Gasteiger partial charge in [0.2, 0.25) is 11.8 Å². The summed E-state index contributed by atoms with van der Waals surface area (Å²) in [6.45, 7) is 0. The van der Waals surface area contributed by atoms with E-state index in [1.165, 1.54) is 5.48 Å². The van der Waals surface area contributed by atoms with E-state index in [0.29, 0.717) is 0 Å². The number of carboxylic acid groups (broad SMARTS) is 1. The summed E-state index contributed by atoms with van der Waals surface area (Å²) < 4.78 is 0. The van der Waals surface area contributed by atoms with Gasteiger partial charge in [0, 0.05) is 12.8 Å². The Bertz CT molecular complexity index is 189. The Hall–Kier alpha value is -1.83. The van der Waals surface area contributed by atoms with Gasteiger partial charge in [-0.25, -0.2) is 10.3 Å². The van der Waals surface area contributed by atoms with Crippen molar-refractivity contribution < 1.29 is 24.7 Å². The molecule has 76 valence electrons. The van der Waals surface area contributed by atoms with Crippen LogP contribution in [0, 0.1) is 0 Å². The van der Waals surface area contributed by atoms with Crippen LogP contribution in [-0.4, -0.2) is 28.2 Å². The molecule has 0 radical (unpaired) electrons. The van der Waals surface area contributed by atoms with Crippen molar-refractivity contribution in [3.8, 4) is 0 Å². The average molecular weight is 193 g/mol. The van der Waals surface area contributed by atoms with Crippen LogP contribution in [-0.2, 0) is 9.59 Å². The van der Waals surface area contributed by atoms with Crippen LogP contribution in [0.4, 0.5) is 4.79 Å². The molecule has 0 fully saturated rings. The lowest BCUT2D eigenvalue weighted by molar-refractivity contribution is -0.131. The highest BCUT2D eigenvalue weighted by Gasteiger charge is 2.00. The number of primary amides is 2. The van der Waals surface area contributed by atoms with Crippen LogP contribution in [0.2, 0.25) is 0 Å². The van der Waals surface area contributed by atoms with E-state index in [9.17, 15) is 9.59 Å². The molecule has 0 aliphatic rings. The van der Waals surface area contributed by atoms with Crippen molar-refractivity contribution in [1.29, 1.82) is 0 Å². The molecule has 0 heterocycles. The molecule has 0 saturated carbocycles. The maximum atomic E-state index is 10.1. The summed E-state index contributed by atoms with van der Waals surface area (Å²) in [6.07, 6.45) is -1.43. The Morgan fingerprint density at radius 2 is 1.54 bits per heavy atom. The van der Waals surface area contributed by atoms with Crippen molar-refractivity contribution in [2.75, 3.05) is 0 Å². The molecule has 0 aromatic heterocycles. The van der Waals surface area contributed by atoms with Crippen LogP contribution in [0.5, 0.6) is 0 Å². The number of carbonyl (C=O) groups is 3. The Balaban J connectivity index is 0. The Kier molecular flexibility index (Phi) is 8.74. The normalized spacial score (nSPS) is 7.77. The molecule has 8 nitrogen and oxygen atoms in total. The zero-order valence-electron chi connectivity index (χ0n) is 6.69. The highest BCUT2D eigenvalue weighted by molar-refractivity contribution is 5.82. The summed E-state index contributed by atoms with van der Waals surface area (Å²) in [7, 11) is 0. The molecule has 0 aliphatic heterocycles. The van der Waals surface area contributed by atoms with Gasteiger partial charge in [0.25, 0.3) is 0 Å². The third-order valence-electron chi connectivity index (χ3n) is 0.723. The molecule has 0 aliphatic carbocycles. The fraction of sp³-hybridized carbons (Fsp3) is 0.400. The number of hydroxylamine groups is 1. The van der Waals surface area contributed by atoms with Crippen LogP contribution in [0.25, 0.3) is 0 Å². The third kappa shape index (κ3) is 25.4. The molecule has 3 amide bonds. The van der Waals surface area contributed by atoms with Gasteiger partial charge in [0.15, 0.2) is 0 Å². The van der Waals surface area contributed by atoms with Gasteiger partial charge in [-0.2, -0.15) is 0 Å². The molecule has 0 aromatic carbocycles. The lowest BCUT2D eigenvalue weighted by Gasteiger charge is -1.92. The summed E-state index contributed by atoms with van der Waals surface area (Å²) in [5, 5.41) is 15.1. The summed E-state index contributed by atoms with van der Waals surface area (Å²) >= 11 is 0. The first-order valence-corrected chi connectivity index (χ1v) is 3.09. The summed E-state index contributed by atoms with van der Waals surface area (Å²) in [5.41, 5.74) is 10.1. The molecule has 8 heteroatoms. The second kappa shape index (κ2) is 8.27. The molecule has 7 N–H and O–H groups in total. The van der Waals surface area contributed by atoms with Gasteiger partial charge in [0.05, 0.1) is 0 Å². The molecule has 0 bridgehead atoms. The molecule has 0 rings (SSSR count). The third-order valence-corrected chi connectivity index (χ3v) is 0.723. The molecular weight excluding hydrogens is 182 g/mol. The van der Waals surface area contributed by atoms with E-state index in [0.717, 1.165) is 0 Å². The molecule has 0 spiro atoms. The summed E-state index contributed by atoms with van der Waals surface area (Å²) in [4.78, 5) is 28.9. The number of hydrogen-bond donors (Lipinski definition) is 5. The van der Waals surface area contributed by atoms with Crippen molar-refractivity contribution in [1.82, 2.24) is 5.48 Å². The fourth-order valence-corrected chi connectivity index (χ4v) is 0.293. The van der Waals surface area contributed by atoms with Gasteiger partial charge in [-0.1, -0.05) is 0 Å². The van der Waals surface area contributed by atoms with Gasteiger partial charge < -0.3 is 16.6 Å². The van der Waals surface area contributed by atoms with Crippen molar-refractivity contribution in [3.63, 3.8) is 0 Å². The van der Waals surface area contributed by atoms with E-state index in [2.05, 4.69) is 5.73 Å². The number of nitrogens with one attached hydrogen (secondary N) is 1. The first kappa shape index (κ1) is 13.7. The van der Waals surface area contributed by atoms with Gasteiger partial charge in [-0.3, -0.25) is 14.8 Å². The van der Waals surface area contributed by atoms with Crippen LogP contribution in [0.3, 0.4) is 0 Å². The smallest absolute Gasteiger partial charge is 0.402 e. The van der Waals surface area contributed by atoms with Gasteiger partial charge in [0.1, 0.15) is 0 Å². The zero-order chi connectivity index (χ0) is 10.9. The van der Waals surface area contributed by atoms with Crippen molar-refractivity contribution in [3.05, 3.63) is 0 Å². The standard InChI is InChI=1S/C4H8N2O3.CH3NO2/c5-3(7)1-2-4(8)6-9;2-1(3)4/h9H,1-2H2,(H2,5,7)(H,6,8);2H2,(H,3,4). The first-order valence-electron chi connectivity index (χ1n) is 3.09. The minimum absolute atomic E-state index is 0.0353. The average Bonchev–Trinajstić information content (AvgIpc) is 1.99. The van der Waals surface area contributed by atoms with Crippen LogP contribution < -0.4 is 16.9 Å². The number of amides is 3. The quantitative estimate of drug-likeness (QED) is 0.269. The van der Waals surface area contributed by atoms with Gasteiger partial charge >= 0.3 is 6.09 Å². The predicted molar refractivity (Wildman–Crippen MR) is 40.6 cm³/mol. The zero-order valence-corrected chi connectivity index (χ0v) is 6.69. The molecule has 0 aromatic rings. The number of nitrogens with two attached hydrogens (primary N) is 2. The van der Waals surface area contributed by atoms with E-state index >= 15 is 0 Å². The maximum Gasteiger partial charge on any atom is 0.402 e. The number of rotatable bonds is 3. The second-order valence-electron chi connectivity index (χ2n) is 1.84. The Morgan fingerprint density at radius 3 is 1.77 bits per heavy atom. The van der Waals surface area contributed by atoms with Gasteiger partial charge in [-0.05, 0) is 0 Å². The highest BCUT2D eigenvalue weighted by atomic mass is 16.5. The summed E-state index contributed by atoms with van der Waals surface area (Å²) in [6, 6.07) is 0. The van der Waals surface area contributed by atoms with E-state index < -0.39 is 17.9 Å². The predicted octanol–water partition coefficient (Wildman–Crippen LogP) is -1.62. The number of carbonyl (C=O) groups excluding carboxylic acids is 2. The topological polar surface area (TPSA) is 156 Å². The first-order chi connectivity index (χ1) is 5.90. The number of hydrogen-bond acceptors (Lipinski definition) is 4. The van der Waals surface area contributed by atoms with E-state index in [1.54, 1.807) is 0 Å². The monoisotopic (exact) mass is 193 g/mol. The fourth-order valence-electron chi connectivity index (χ4n) is 0.293. The van der Waals surface area contributed by atoms with Crippen molar-refractivity contribution >= 4 is 17.9 Å². The molecule has 13 heavy (non-hydrogen) atoms. The van der Waals surface area contributed by atoms with Crippen molar-refractivity contribution in [2.24, 2.45) is 11.5 Å². The molecular formula is C5H11N3O5. The van der Waals surface area contributed by atoms with E-state index in [4.69, 9.17) is 20.8 Å². The summed E-state index contributed by atoms with van der Waals surface area (Å²) in [5.74, 6) is -1.16. The largest absolute Gasteiger partial charge is 0.465 e. The van der Waals surface area contributed by atoms with Crippen LogP contribution >= 0.6 is 0 Å². The van der Waals surface area contributed by atoms with E-state index in [1.807, 2.05) is 0 Å². The van der Waals surface area contributed by atoms with E-state index in [-0.39, 0.29) is 12.8 Å². The Morgan fingerprint density at radius 1 is 1.15 bits per heavy atom. The lowest BCUT2D eigenvalue weighted by atomic mass is 10.3. The molecule has 0 saturated heterocycles. The molecule has 0 unspecified atom stereocenters. The second-order valence-corrected chi connectivity index (χ2v) is 1.84. The van der Waals surface area contributed by atoms with Gasteiger partial charge in [-0.15, -0.1) is 0 Å². The Labute approximate surface area is 73.5 Å². The van der Waals surface area contributed by atoms with Crippen LogP contribution in [0.1, 0.15) is 12.8 Å². The minimum Gasteiger partial charge on any atom is -0.465 e. The highest BCUT2D eigenvalue weighted by Crippen LogP contribution is 1.84. The lowest BCUT2D eigenvalue weighted by Crippen LogP contribution is -2.21. The molecule has 0 atom stereocenters. The SMILES string of the molecule is NC(=O)CCC(=O)NO.NC(=O)O.